The fourth-order valence-electron chi connectivity index (χ4n) is 4.09. The van der Waals surface area contributed by atoms with E-state index in [0.29, 0.717) is 27.8 Å². The summed E-state index contributed by atoms with van der Waals surface area (Å²) in [6, 6.07) is 14.4. The third kappa shape index (κ3) is 2.19. The lowest BCUT2D eigenvalue weighted by Gasteiger charge is -2.14. The first kappa shape index (κ1) is 13.6. The first-order valence-corrected chi connectivity index (χ1v) is 8.21. The Kier molecular flexibility index (Phi) is 3.25. The molecule has 0 amide bonds. The molecule has 0 aliphatic heterocycles. The van der Waals surface area contributed by atoms with Crippen LogP contribution in [-0.2, 0) is 6.42 Å². The van der Waals surface area contributed by atoms with Gasteiger partial charge in [-0.05, 0) is 59.4 Å². The minimum absolute atomic E-state index is 0.00378. The zero-order valence-electron chi connectivity index (χ0n) is 11.6. The molecule has 0 heterocycles. The van der Waals surface area contributed by atoms with Gasteiger partial charge in [0.2, 0.25) is 0 Å². The highest BCUT2D eigenvalue weighted by molar-refractivity contribution is 6.35. The Morgan fingerprint density at radius 3 is 2.71 bits per heavy atom. The molecule has 4 atom stereocenters. The van der Waals surface area contributed by atoms with E-state index in [1.165, 1.54) is 24.0 Å². The van der Waals surface area contributed by atoms with Gasteiger partial charge < -0.3 is 5.73 Å². The molecule has 3 heteroatoms. The SMILES string of the molecule is NC(c1ccc(Cl)cc1Cl)C1C2CCc3ccccc3C21. The molecule has 4 unspecified atom stereocenters. The molecule has 0 bridgehead atoms. The third-order valence-corrected chi connectivity index (χ3v) is 5.69. The molecule has 2 aromatic carbocycles. The average Bonchev–Trinajstić information content (AvgIpc) is 3.21. The minimum atomic E-state index is -0.00378. The number of fused-ring (bicyclic) bond motifs is 3. The Hall–Kier alpha value is -1.02. The van der Waals surface area contributed by atoms with Gasteiger partial charge in [0.15, 0.2) is 0 Å². The standard InChI is InChI=1S/C18H17Cl2N/c19-11-6-8-13(15(20)9-11)18(21)17-14-7-5-10-3-1-2-4-12(10)16(14)17/h1-4,6,8-9,14,16-18H,5,7,21H2. The number of hydrogen-bond donors (Lipinski definition) is 1. The molecule has 21 heavy (non-hydrogen) atoms. The van der Waals surface area contributed by atoms with Crippen molar-refractivity contribution in [2.24, 2.45) is 17.6 Å². The van der Waals surface area contributed by atoms with Crippen molar-refractivity contribution in [3.8, 4) is 0 Å². The molecule has 1 fully saturated rings. The normalized spacial score (nSPS) is 27.7. The lowest BCUT2D eigenvalue weighted by Crippen LogP contribution is -2.14. The van der Waals surface area contributed by atoms with Crippen LogP contribution in [0.4, 0.5) is 0 Å². The van der Waals surface area contributed by atoms with Crippen LogP contribution < -0.4 is 5.73 Å². The second kappa shape index (κ2) is 5.01. The molecular weight excluding hydrogens is 301 g/mol. The number of rotatable bonds is 2. The van der Waals surface area contributed by atoms with Gasteiger partial charge >= 0.3 is 0 Å². The smallest absolute Gasteiger partial charge is 0.0468 e. The van der Waals surface area contributed by atoms with Gasteiger partial charge in [0.1, 0.15) is 0 Å². The van der Waals surface area contributed by atoms with E-state index >= 15 is 0 Å². The molecule has 108 valence electrons. The van der Waals surface area contributed by atoms with Crippen molar-refractivity contribution in [3.63, 3.8) is 0 Å². The second-order valence-electron chi connectivity index (χ2n) is 6.20. The van der Waals surface area contributed by atoms with Crippen LogP contribution in [0.1, 0.15) is 35.1 Å². The predicted molar refractivity (Wildman–Crippen MR) is 87.9 cm³/mol. The van der Waals surface area contributed by atoms with Crippen LogP contribution in [0.2, 0.25) is 10.0 Å². The van der Waals surface area contributed by atoms with Crippen molar-refractivity contribution < 1.29 is 0 Å². The van der Waals surface area contributed by atoms with Gasteiger partial charge in [-0.2, -0.15) is 0 Å². The lowest BCUT2D eigenvalue weighted by molar-refractivity contribution is 0.555. The van der Waals surface area contributed by atoms with Crippen LogP contribution in [0.15, 0.2) is 42.5 Å². The quantitative estimate of drug-likeness (QED) is 0.831. The van der Waals surface area contributed by atoms with Gasteiger partial charge in [0.05, 0.1) is 0 Å². The highest BCUT2D eigenvalue weighted by Gasteiger charge is 2.55. The highest BCUT2D eigenvalue weighted by Crippen LogP contribution is 2.63. The minimum Gasteiger partial charge on any atom is -0.324 e. The summed E-state index contributed by atoms with van der Waals surface area (Å²) in [6.45, 7) is 0. The monoisotopic (exact) mass is 317 g/mol. The van der Waals surface area contributed by atoms with Crippen molar-refractivity contribution in [2.45, 2.75) is 24.8 Å². The largest absolute Gasteiger partial charge is 0.324 e. The molecule has 0 aromatic heterocycles. The van der Waals surface area contributed by atoms with Gasteiger partial charge in [-0.15, -0.1) is 0 Å². The van der Waals surface area contributed by atoms with Crippen LogP contribution in [-0.4, -0.2) is 0 Å². The van der Waals surface area contributed by atoms with Crippen molar-refractivity contribution in [3.05, 3.63) is 69.2 Å². The molecule has 0 spiro atoms. The van der Waals surface area contributed by atoms with E-state index in [1.54, 1.807) is 6.07 Å². The first-order chi connectivity index (χ1) is 10.2. The summed E-state index contributed by atoms with van der Waals surface area (Å²) in [5.74, 6) is 1.82. The molecule has 2 N–H and O–H groups in total. The average molecular weight is 318 g/mol. The van der Waals surface area contributed by atoms with Crippen molar-refractivity contribution in [2.75, 3.05) is 0 Å². The van der Waals surface area contributed by atoms with Gasteiger partial charge in [-0.3, -0.25) is 0 Å². The van der Waals surface area contributed by atoms with Crippen LogP contribution in [0.3, 0.4) is 0 Å². The maximum Gasteiger partial charge on any atom is 0.0468 e. The van der Waals surface area contributed by atoms with Crippen molar-refractivity contribution in [1.82, 2.24) is 0 Å². The zero-order chi connectivity index (χ0) is 14.6. The van der Waals surface area contributed by atoms with E-state index in [2.05, 4.69) is 24.3 Å². The molecule has 2 aliphatic rings. The zero-order valence-corrected chi connectivity index (χ0v) is 13.1. The van der Waals surface area contributed by atoms with E-state index in [1.807, 2.05) is 12.1 Å². The maximum absolute atomic E-state index is 6.54. The van der Waals surface area contributed by atoms with E-state index in [4.69, 9.17) is 28.9 Å². The summed E-state index contributed by atoms with van der Waals surface area (Å²) >= 11 is 12.3. The Balaban J connectivity index is 1.65. The molecule has 4 rings (SSSR count). The number of hydrogen-bond acceptors (Lipinski definition) is 1. The van der Waals surface area contributed by atoms with Crippen molar-refractivity contribution in [1.29, 1.82) is 0 Å². The molecule has 2 aliphatic carbocycles. The fourth-order valence-corrected chi connectivity index (χ4v) is 4.62. The van der Waals surface area contributed by atoms with E-state index in [0.717, 1.165) is 5.56 Å². The number of benzene rings is 2. The van der Waals surface area contributed by atoms with Crippen LogP contribution in [0.25, 0.3) is 0 Å². The summed E-state index contributed by atoms with van der Waals surface area (Å²) in [7, 11) is 0. The van der Waals surface area contributed by atoms with Crippen molar-refractivity contribution >= 4 is 23.2 Å². The third-order valence-electron chi connectivity index (χ3n) is 5.13. The van der Waals surface area contributed by atoms with Crippen LogP contribution in [0, 0.1) is 11.8 Å². The summed E-state index contributed by atoms with van der Waals surface area (Å²) in [5, 5.41) is 1.35. The van der Waals surface area contributed by atoms with Gasteiger partial charge in [-0.1, -0.05) is 53.5 Å². The first-order valence-electron chi connectivity index (χ1n) is 7.45. The summed E-state index contributed by atoms with van der Waals surface area (Å²) < 4.78 is 0. The topological polar surface area (TPSA) is 26.0 Å². The Morgan fingerprint density at radius 2 is 1.90 bits per heavy atom. The molecule has 0 radical (unpaired) electrons. The van der Waals surface area contributed by atoms with Crippen LogP contribution >= 0.6 is 23.2 Å². The Labute approximate surface area is 135 Å². The summed E-state index contributed by atoms with van der Waals surface area (Å²) in [4.78, 5) is 0. The Bertz CT molecular complexity index is 697. The fraction of sp³-hybridized carbons (Fsp3) is 0.333. The van der Waals surface area contributed by atoms with E-state index in [9.17, 15) is 0 Å². The van der Waals surface area contributed by atoms with E-state index in [-0.39, 0.29) is 6.04 Å². The molecular formula is C18H17Cl2N. The summed E-state index contributed by atoms with van der Waals surface area (Å²) in [5.41, 5.74) is 10.6. The molecule has 1 saturated carbocycles. The molecule has 0 saturated heterocycles. The molecule has 1 nitrogen and oxygen atoms in total. The number of aryl methyl sites for hydroxylation is 1. The molecule has 2 aromatic rings. The lowest BCUT2D eigenvalue weighted by atomic mass is 9.92. The Morgan fingerprint density at radius 1 is 1.10 bits per heavy atom. The van der Waals surface area contributed by atoms with Crippen LogP contribution in [0.5, 0.6) is 0 Å². The van der Waals surface area contributed by atoms with Gasteiger partial charge in [0.25, 0.3) is 0 Å². The van der Waals surface area contributed by atoms with Gasteiger partial charge in [0, 0.05) is 16.1 Å². The predicted octanol–water partition coefficient (Wildman–Crippen LogP) is 4.97. The van der Waals surface area contributed by atoms with E-state index < -0.39 is 0 Å². The highest BCUT2D eigenvalue weighted by atomic mass is 35.5. The summed E-state index contributed by atoms with van der Waals surface area (Å²) in [6.07, 6.45) is 2.42. The number of nitrogens with two attached hydrogens (primary N) is 1. The number of halogens is 2. The second-order valence-corrected chi connectivity index (χ2v) is 7.04. The van der Waals surface area contributed by atoms with Gasteiger partial charge in [-0.25, -0.2) is 0 Å². The maximum atomic E-state index is 6.54.